The highest BCUT2D eigenvalue weighted by atomic mass is 16.5. The lowest BCUT2D eigenvalue weighted by Crippen LogP contribution is -2.56. The molecular weight excluding hydrogens is 204 g/mol. The third kappa shape index (κ3) is 2.94. The van der Waals surface area contributed by atoms with Crippen molar-refractivity contribution in [3.8, 4) is 0 Å². The fourth-order valence-corrected chi connectivity index (χ4v) is 2.43. The number of likely N-dealkylation sites (tertiary alicyclic amines) is 1. The number of aliphatic hydroxyl groups excluding tert-OH is 1. The van der Waals surface area contributed by atoms with Gasteiger partial charge >= 0.3 is 0 Å². The van der Waals surface area contributed by atoms with E-state index in [9.17, 15) is 5.11 Å². The fraction of sp³-hybridized carbons (Fsp3) is 1.00. The summed E-state index contributed by atoms with van der Waals surface area (Å²) in [7, 11) is 1.67. The van der Waals surface area contributed by atoms with Gasteiger partial charge in [-0.2, -0.15) is 0 Å². The normalized spacial score (nSPS) is 28.9. The molecule has 0 aromatic heterocycles. The van der Waals surface area contributed by atoms with Crippen LogP contribution in [0, 0.1) is 5.92 Å². The van der Waals surface area contributed by atoms with Crippen LogP contribution in [-0.2, 0) is 4.74 Å². The van der Waals surface area contributed by atoms with E-state index >= 15 is 0 Å². The van der Waals surface area contributed by atoms with Crippen LogP contribution in [-0.4, -0.2) is 48.7 Å². The quantitative estimate of drug-likeness (QED) is 0.528. The van der Waals surface area contributed by atoms with E-state index in [2.05, 4.69) is 31.0 Å². The van der Waals surface area contributed by atoms with Crippen LogP contribution in [0.15, 0.2) is 0 Å². The largest absolute Gasteiger partial charge is 0.383 e. The van der Waals surface area contributed by atoms with E-state index in [0.29, 0.717) is 19.1 Å². The molecule has 0 aliphatic carbocycles. The second-order valence-electron chi connectivity index (χ2n) is 5.13. The van der Waals surface area contributed by atoms with Gasteiger partial charge in [-0.3, -0.25) is 10.2 Å². The molecule has 0 bridgehead atoms. The molecule has 1 aliphatic rings. The Morgan fingerprint density at radius 1 is 1.50 bits per heavy atom. The van der Waals surface area contributed by atoms with E-state index in [4.69, 9.17) is 4.74 Å². The van der Waals surface area contributed by atoms with Gasteiger partial charge < -0.3 is 9.84 Å². The average Bonchev–Trinajstić information content (AvgIpc) is 2.62. The number of rotatable bonds is 6. The van der Waals surface area contributed by atoms with Gasteiger partial charge in [-0.1, -0.05) is 13.8 Å². The van der Waals surface area contributed by atoms with Crippen LogP contribution in [0.1, 0.15) is 33.6 Å². The molecule has 2 atom stereocenters. The van der Waals surface area contributed by atoms with Gasteiger partial charge in [0.05, 0.1) is 6.61 Å². The summed E-state index contributed by atoms with van der Waals surface area (Å²) in [6.45, 7) is 8.97. The lowest BCUT2D eigenvalue weighted by Gasteiger charge is -2.41. The molecule has 4 heteroatoms. The smallest absolute Gasteiger partial charge is 0.163 e. The molecular formula is C12H26N2O2. The van der Waals surface area contributed by atoms with Crippen LogP contribution in [0.25, 0.3) is 0 Å². The highest BCUT2D eigenvalue weighted by Crippen LogP contribution is 2.35. The van der Waals surface area contributed by atoms with Gasteiger partial charge in [-0.25, -0.2) is 0 Å². The second-order valence-corrected chi connectivity index (χ2v) is 5.13. The Bertz CT molecular complexity index is 211. The molecule has 1 saturated heterocycles. The Morgan fingerprint density at radius 3 is 2.75 bits per heavy atom. The maximum Gasteiger partial charge on any atom is 0.163 e. The van der Waals surface area contributed by atoms with Gasteiger partial charge in [0.25, 0.3) is 0 Å². The molecule has 0 amide bonds. The summed E-state index contributed by atoms with van der Waals surface area (Å²) in [6.07, 6.45) is 1.77. The van der Waals surface area contributed by atoms with E-state index in [1.807, 2.05) is 0 Å². The minimum atomic E-state index is -0.551. The van der Waals surface area contributed by atoms with Crippen molar-refractivity contribution in [2.45, 2.75) is 45.5 Å². The number of nitrogens with one attached hydrogen (secondary N) is 1. The van der Waals surface area contributed by atoms with Crippen molar-refractivity contribution in [3.63, 3.8) is 0 Å². The van der Waals surface area contributed by atoms with Crippen molar-refractivity contribution < 1.29 is 9.84 Å². The molecule has 2 unspecified atom stereocenters. The number of nitrogens with zero attached hydrogens (tertiary/aromatic N) is 1. The van der Waals surface area contributed by atoms with Crippen LogP contribution < -0.4 is 5.32 Å². The van der Waals surface area contributed by atoms with Crippen LogP contribution >= 0.6 is 0 Å². The predicted molar refractivity (Wildman–Crippen MR) is 65.1 cm³/mol. The number of methoxy groups -OCH3 is 1. The van der Waals surface area contributed by atoms with Crippen molar-refractivity contribution >= 4 is 0 Å². The fourth-order valence-electron chi connectivity index (χ4n) is 2.43. The Labute approximate surface area is 99.0 Å². The molecule has 1 heterocycles. The Balaban J connectivity index is 2.50. The van der Waals surface area contributed by atoms with E-state index in [1.165, 1.54) is 0 Å². The SMILES string of the molecule is COCCNC(O)N1CCCC1(C)C(C)C. The standard InChI is InChI=1S/C12H26N2O2/c1-10(2)12(3)6-5-8-14(12)11(15)13-7-9-16-4/h10-11,13,15H,5-9H2,1-4H3. The van der Waals surface area contributed by atoms with Crippen molar-refractivity contribution in [2.24, 2.45) is 5.92 Å². The zero-order chi connectivity index (χ0) is 12.2. The first kappa shape index (κ1) is 13.9. The monoisotopic (exact) mass is 230 g/mol. The van der Waals surface area contributed by atoms with Gasteiger partial charge in [-0.15, -0.1) is 0 Å². The molecule has 96 valence electrons. The first-order valence-electron chi connectivity index (χ1n) is 6.19. The molecule has 0 radical (unpaired) electrons. The van der Waals surface area contributed by atoms with E-state index < -0.39 is 6.35 Å². The maximum absolute atomic E-state index is 10.1. The summed E-state index contributed by atoms with van der Waals surface area (Å²) >= 11 is 0. The molecule has 0 saturated carbocycles. The molecule has 1 rings (SSSR count). The van der Waals surface area contributed by atoms with E-state index in [0.717, 1.165) is 19.4 Å². The summed E-state index contributed by atoms with van der Waals surface area (Å²) in [6, 6.07) is 0. The molecule has 2 N–H and O–H groups in total. The lowest BCUT2D eigenvalue weighted by atomic mass is 9.86. The number of hydrogen-bond acceptors (Lipinski definition) is 4. The van der Waals surface area contributed by atoms with Crippen LogP contribution in [0.5, 0.6) is 0 Å². The first-order chi connectivity index (χ1) is 7.52. The Kier molecular flexibility index (Phi) is 5.18. The Hall–Kier alpha value is -0.160. The van der Waals surface area contributed by atoms with Crippen molar-refractivity contribution in [1.82, 2.24) is 10.2 Å². The van der Waals surface area contributed by atoms with Gasteiger partial charge in [0.15, 0.2) is 6.35 Å². The van der Waals surface area contributed by atoms with Crippen LogP contribution in [0.4, 0.5) is 0 Å². The minimum absolute atomic E-state index is 0.111. The summed E-state index contributed by atoms with van der Waals surface area (Å²) in [5.41, 5.74) is 0.111. The highest BCUT2D eigenvalue weighted by Gasteiger charge is 2.41. The molecule has 1 fully saturated rings. The van der Waals surface area contributed by atoms with Crippen molar-refractivity contribution in [2.75, 3.05) is 26.8 Å². The number of ether oxygens (including phenoxy) is 1. The second kappa shape index (κ2) is 5.96. The highest BCUT2D eigenvalue weighted by molar-refractivity contribution is 4.94. The van der Waals surface area contributed by atoms with Gasteiger partial charge in [0.2, 0.25) is 0 Å². The topological polar surface area (TPSA) is 44.7 Å². The third-order valence-electron chi connectivity index (χ3n) is 3.91. The zero-order valence-corrected chi connectivity index (χ0v) is 11.0. The van der Waals surface area contributed by atoms with Crippen molar-refractivity contribution in [1.29, 1.82) is 0 Å². The molecule has 0 aromatic carbocycles. The summed E-state index contributed by atoms with van der Waals surface area (Å²) in [5.74, 6) is 0.550. The molecule has 0 aromatic rings. The molecule has 16 heavy (non-hydrogen) atoms. The van der Waals surface area contributed by atoms with Gasteiger partial charge in [0.1, 0.15) is 0 Å². The summed E-state index contributed by atoms with van der Waals surface area (Å²) < 4.78 is 4.96. The predicted octanol–water partition coefficient (Wildman–Crippen LogP) is 1.01. The maximum atomic E-state index is 10.1. The van der Waals surface area contributed by atoms with E-state index in [-0.39, 0.29) is 5.54 Å². The van der Waals surface area contributed by atoms with E-state index in [1.54, 1.807) is 7.11 Å². The van der Waals surface area contributed by atoms with Crippen molar-refractivity contribution in [3.05, 3.63) is 0 Å². The van der Waals surface area contributed by atoms with Gasteiger partial charge in [-0.05, 0) is 25.7 Å². The number of hydrogen-bond donors (Lipinski definition) is 2. The zero-order valence-electron chi connectivity index (χ0n) is 11.0. The lowest BCUT2D eigenvalue weighted by molar-refractivity contribution is -0.0769. The third-order valence-corrected chi connectivity index (χ3v) is 3.91. The summed E-state index contributed by atoms with van der Waals surface area (Å²) in [4.78, 5) is 2.17. The molecule has 1 aliphatic heterocycles. The molecule has 0 spiro atoms. The van der Waals surface area contributed by atoms with Crippen LogP contribution in [0.3, 0.4) is 0 Å². The summed E-state index contributed by atoms with van der Waals surface area (Å²) in [5, 5.41) is 13.2. The van der Waals surface area contributed by atoms with Gasteiger partial charge in [0, 0.05) is 25.7 Å². The first-order valence-corrected chi connectivity index (χ1v) is 6.19. The average molecular weight is 230 g/mol. The van der Waals surface area contributed by atoms with Crippen LogP contribution in [0.2, 0.25) is 0 Å². The number of aliphatic hydroxyl groups is 1. The molecule has 4 nitrogen and oxygen atoms in total. The minimum Gasteiger partial charge on any atom is -0.383 e. The Morgan fingerprint density at radius 2 is 2.19 bits per heavy atom.